The van der Waals surface area contributed by atoms with E-state index in [4.69, 9.17) is 0 Å². The fraction of sp³-hybridized carbons (Fsp3) is 0.294. The maximum Gasteiger partial charge on any atom is 0.125 e. The molecule has 0 saturated heterocycles. The molecule has 2 aromatic heterocycles. The van der Waals surface area contributed by atoms with Crippen molar-refractivity contribution in [1.29, 1.82) is 0 Å². The fourth-order valence-corrected chi connectivity index (χ4v) is 3.14. The highest BCUT2D eigenvalue weighted by Gasteiger charge is 2.21. The van der Waals surface area contributed by atoms with Crippen LogP contribution >= 0.6 is 0 Å². The van der Waals surface area contributed by atoms with E-state index in [-0.39, 0.29) is 12.4 Å². The van der Waals surface area contributed by atoms with Gasteiger partial charge in [-0.25, -0.2) is 9.07 Å². The van der Waals surface area contributed by atoms with Crippen molar-refractivity contribution in [3.05, 3.63) is 65.0 Å². The van der Waals surface area contributed by atoms with Gasteiger partial charge in [0.2, 0.25) is 0 Å². The average Bonchev–Trinajstić information content (AvgIpc) is 3.21. The molecule has 0 spiro atoms. The molecule has 1 aliphatic rings. The number of halogens is 1. The second-order valence-electron chi connectivity index (χ2n) is 6.02. The van der Waals surface area contributed by atoms with Crippen LogP contribution < -0.4 is 0 Å². The number of benzene rings is 1. The van der Waals surface area contributed by atoms with Gasteiger partial charge in [-0.15, -0.1) is 0 Å². The van der Waals surface area contributed by atoms with E-state index in [1.165, 1.54) is 12.1 Å². The summed E-state index contributed by atoms with van der Waals surface area (Å²) in [5.74, 6) is -0.274. The molecule has 1 aromatic carbocycles. The molecular weight excluding hydrogens is 309 g/mol. The Morgan fingerprint density at radius 3 is 3.08 bits per heavy atom. The Kier molecular flexibility index (Phi) is 3.87. The predicted molar refractivity (Wildman–Crippen MR) is 85.9 cm³/mol. The highest BCUT2D eigenvalue weighted by atomic mass is 19.1. The van der Waals surface area contributed by atoms with Crippen LogP contribution in [0, 0.1) is 5.82 Å². The van der Waals surface area contributed by atoms with Crippen LogP contribution in [0.2, 0.25) is 0 Å². The zero-order chi connectivity index (χ0) is 16.5. The Bertz CT molecular complexity index is 843. The van der Waals surface area contributed by atoms with Gasteiger partial charge in [-0.05, 0) is 18.2 Å². The van der Waals surface area contributed by atoms with Crippen molar-refractivity contribution in [3.63, 3.8) is 0 Å². The number of nitrogens with one attached hydrogen (secondary N) is 1. The summed E-state index contributed by atoms with van der Waals surface area (Å²) in [7, 11) is 0. The summed E-state index contributed by atoms with van der Waals surface area (Å²) < 4.78 is 15.0. The molecule has 24 heavy (non-hydrogen) atoms. The van der Waals surface area contributed by atoms with E-state index in [0.29, 0.717) is 5.69 Å². The molecule has 0 atom stereocenters. The van der Waals surface area contributed by atoms with E-state index in [1.807, 2.05) is 18.5 Å². The normalized spacial score (nSPS) is 14.8. The van der Waals surface area contributed by atoms with Gasteiger partial charge in [0.1, 0.15) is 5.82 Å². The number of H-pyrrole nitrogens is 1. The lowest BCUT2D eigenvalue weighted by Gasteiger charge is -2.26. The quantitative estimate of drug-likeness (QED) is 0.766. The number of fused-ring (bicyclic) bond motifs is 1. The molecule has 0 saturated carbocycles. The molecule has 0 radical (unpaired) electrons. The van der Waals surface area contributed by atoms with E-state index < -0.39 is 0 Å². The number of hydrogen-bond acceptors (Lipinski definition) is 4. The Balaban J connectivity index is 1.49. The summed E-state index contributed by atoms with van der Waals surface area (Å²) in [6.45, 7) is 2.39. The number of aromatic amines is 1. The Labute approximate surface area is 138 Å². The van der Waals surface area contributed by atoms with Crippen LogP contribution in [0.15, 0.2) is 36.7 Å². The van der Waals surface area contributed by atoms with Crippen LogP contribution in [0.5, 0.6) is 0 Å². The van der Waals surface area contributed by atoms with E-state index in [9.17, 15) is 9.50 Å². The summed E-state index contributed by atoms with van der Waals surface area (Å²) in [6, 6.07) is 6.38. The van der Waals surface area contributed by atoms with Gasteiger partial charge in [0.05, 0.1) is 24.2 Å². The van der Waals surface area contributed by atoms with Gasteiger partial charge in [-0.3, -0.25) is 10.00 Å². The molecule has 4 rings (SSSR count). The second-order valence-corrected chi connectivity index (χ2v) is 6.02. The summed E-state index contributed by atoms with van der Waals surface area (Å²) in [5, 5.41) is 20.9. The van der Waals surface area contributed by atoms with Gasteiger partial charge in [-0.1, -0.05) is 6.07 Å². The van der Waals surface area contributed by atoms with Crippen LogP contribution in [-0.2, 0) is 26.1 Å². The van der Waals surface area contributed by atoms with Crippen LogP contribution in [0.1, 0.15) is 22.5 Å². The SMILES string of the molecule is OCc1n[nH]c2c1CN(Cc1cnn(-c3cccc(F)c3)c1)CC2. The first-order valence-electron chi connectivity index (χ1n) is 7.90. The molecule has 0 fully saturated rings. The first-order valence-corrected chi connectivity index (χ1v) is 7.90. The highest BCUT2D eigenvalue weighted by Crippen LogP contribution is 2.22. The lowest BCUT2D eigenvalue weighted by molar-refractivity contribution is 0.237. The second kappa shape index (κ2) is 6.18. The van der Waals surface area contributed by atoms with E-state index in [0.717, 1.165) is 48.6 Å². The largest absolute Gasteiger partial charge is 0.390 e. The van der Waals surface area contributed by atoms with Crippen LogP contribution in [-0.4, -0.2) is 36.5 Å². The standard InChI is InChI=1S/C17H18FN5O/c18-13-2-1-3-14(6-13)23-9-12(7-19-23)8-22-5-4-16-15(10-22)17(11-24)21-20-16/h1-3,6-7,9,24H,4-5,8,10-11H2,(H,20,21). The zero-order valence-electron chi connectivity index (χ0n) is 13.1. The first-order chi connectivity index (χ1) is 11.7. The third-order valence-corrected chi connectivity index (χ3v) is 4.36. The van der Waals surface area contributed by atoms with Gasteiger partial charge in [-0.2, -0.15) is 10.2 Å². The van der Waals surface area contributed by atoms with Gasteiger partial charge in [0.25, 0.3) is 0 Å². The zero-order valence-corrected chi connectivity index (χ0v) is 13.1. The number of nitrogens with zero attached hydrogens (tertiary/aromatic N) is 4. The van der Waals surface area contributed by atoms with Crippen molar-refractivity contribution < 1.29 is 9.50 Å². The molecule has 3 heterocycles. The minimum Gasteiger partial charge on any atom is -0.390 e. The lowest BCUT2D eigenvalue weighted by Crippen LogP contribution is -2.30. The van der Waals surface area contributed by atoms with Gasteiger partial charge < -0.3 is 5.11 Å². The summed E-state index contributed by atoms with van der Waals surface area (Å²) >= 11 is 0. The van der Waals surface area contributed by atoms with Gasteiger partial charge in [0, 0.05) is 49.1 Å². The molecule has 2 N–H and O–H groups in total. The van der Waals surface area contributed by atoms with Gasteiger partial charge in [0.15, 0.2) is 0 Å². The van der Waals surface area contributed by atoms with E-state index in [2.05, 4.69) is 20.2 Å². The summed E-state index contributed by atoms with van der Waals surface area (Å²) in [5.41, 5.74) is 4.72. The lowest BCUT2D eigenvalue weighted by atomic mass is 10.1. The number of aliphatic hydroxyl groups is 1. The van der Waals surface area contributed by atoms with Crippen molar-refractivity contribution in [2.45, 2.75) is 26.1 Å². The Morgan fingerprint density at radius 1 is 1.33 bits per heavy atom. The highest BCUT2D eigenvalue weighted by molar-refractivity contribution is 5.32. The Morgan fingerprint density at radius 2 is 2.25 bits per heavy atom. The van der Waals surface area contributed by atoms with Gasteiger partial charge >= 0.3 is 0 Å². The third-order valence-electron chi connectivity index (χ3n) is 4.36. The third kappa shape index (κ3) is 2.83. The van der Waals surface area contributed by atoms with Crippen LogP contribution in [0.25, 0.3) is 5.69 Å². The predicted octanol–water partition coefficient (Wildman–Crippen LogP) is 1.79. The average molecular weight is 327 g/mol. The number of rotatable bonds is 4. The molecule has 0 aliphatic carbocycles. The van der Waals surface area contributed by atoms with Crippen LogP contribution in [0.3, 0.4) is 0 Å². The van der Waals surface area contributed by atoms with Crippen molar-refractivity contribution in [2.24, 2.45) is 0 Å². The minimum absolute atomic E-state index is 0.0445. The molecule has 6 nitrogen and oxygen atoms in total. The molecule has 3 aromatic rings. The molecule has 124 valence electrons. The first kappa shape index (κ1) is 15.0. The number of hydrogen-bond donors (Lipinski definition) is 2. The molecule has 0 unspecified atom stereocenters. The van der Waals surface area contributed by atoms with Crippen molar-refractivity contribution >= 4 is 0 Å². The summed E-state index contributed by atoms with van der Waals surface area (Å²) in [6.07, 6.45) is 4.62. The Hall–Kier alpha value is -2.51. The molecule has 0 amide bonds. The molecular formula is C17H18FN5O. The summed E-state index contributed by atoms with van der Waals surface area (Å²) in [4.78, 5) is 2.30. The maximum atomic E-state index is 13.3. The monoisotopic (exact) mass is 327 g/mol. The molecule has 7 heteroatoms. The van der Waals surface area contributed by atoms with Crippen molar-refractivity contribution in [1.82, 2.24) is 24.9 Å². The van der Waals surface area contributed by atoms with E-state index >= 15 is 0 Å². The topological polar surface area (TPSA) is 70.0 Å². The van der Waals surface area contributed by atoms with Crippen molar-refractivity contribution in [3.8, 4) is 5.69 Å². The molecule has 1 aliphatic heterocycles. The fourth-order valence-electron chi connectivity index (χ4n) is 3.14. The smallest absolute Gasteiger partial charge is 0.125 e. The minimum atomic E-state index is -0.274. The van der Waals surface area contributed by atoms with E-state index in [1.54, 1.807) is 10.7 Å². The van der Waals surface area contributed by atoms with Crippen LogP contribution in [0.4, 0.5) is 4.39 Å². The maximum absolute atomic E-state index is 13.3. The molecule has 0 bridgehead atoms. The van der Waals surface area contributed by atoms with Crippen molar-refractivity contribution in [2.75, 3.05) is 6.54 Å². The number of aliphatic hydroxyl groups excluding tert-OH is 1. The number of aromatic nitrogens is 4.